The number of aromatic nitrogens is 4. The van der Waals surface area contributed by atoms with Crippen LogP contribution in [0.15, 0.2) is 12.2 Å². The molecule has 0 radical (unpaired) electrons. The maximum atomic E-state index is 9.12. The number of hydrogen-bond acceptors (Lipinski definition) is 7. The lowest BCUT2D eigenvalue weighted by atomic mass is 10.1. The SMILES string of the molecule is OCC1CCC=C(c2nnc(C3=CCCCO3)nn2)O1. The summed E-state index contributed by atoms with van der Waals surface area (Å²) in [5.74, 6) is 1.89. The van der Waals surface area contributed by atoms with Crippen molar-refractivity contribution in [2.75, 3.05) is 13.2 Å². The molecule has 0 saturated heterocycles. The van der Waals surface area contributed by atoms with Crippen LogP contribution < -0.4 is 0 Å². The van der Waals surface area contributed by atoms with E-state index in [1.54, 1.807) is 0 Å². The van der Waals surface area contributed by atoms with Crippen molar-refractivity contribution in [2.24, 2.45) is 0 Å². The van der Waals surface area contributed by atoms with Crippen molar-refractivity contribution in [3.63, 3.8) is 0 Å². The highest BCUT2D eigenvalue weighted by molar-refractivity contribution is 5.55. The predicted molar refractivity (Wildman–Crippen MR) is 70.0 cm³/mol. The van der Waals surface area contributed by atoms with Crippen LogP contribution in [0.5, 0.6) is 0 Å². The Bertz CT molecular complexity index is 527. The van der Waals surface area contributed by atoms with Gasteiger partial charge < -0.3 is 14.6 Å². The fourth-order valence-electron chi connectivity index (χ4n) is 2.10. The Morgan fingerprint density at radius 2 is 1.75 bits per heavy atom. The lowest BCUT2D eigenvalue weighted by molar-refractivity contribution is 0.0777. The molecule has 7 nitrogen and oxygen atoms in total. The van der Waals surface area contributed by atoms with E-state index >= 15 is 0 Å². The second-order valence-corrected chi connectivity index (χ2v) is 4.67. The van der Waals surface area contributed by atoms with Crippen LogP contribution >= 0.6 is 0 Å². The Morgan fingerprint density at radius 1 is 1.05 bits per heavy atom. The first-order valence-electron chi connectivity index (χ1n) is 6.75. The van der Waals surface area contributed by atoms with Crippen molar-refractivity contribution in [3.8, 4) is 0 Å². The second-order valence-electron chi connectivity index (χ2n) is 4.67. The summed E-state index contributed by atoms with van der Waals surface area (Å²) in [5.41, 5.74) is 0. The van der Waals surface area contributed by atoms with Crippen molar-refractivity contribution >= 4 is 11.5 Å². The minimum Gasteiger partial charge on any atom is -0.490 e. The van der Waals surface area contributed by atoms with E-state index in [-0.39, 0.29) is 12.7 Å². The molecule has 2 aliphatic rings. The first-order valence-corrected chi connectivity index (χ1v) is 6.75. The fraction of sp³-hybridized carbons (Fsp3) is 0.538. The van der Waals surface area contributed by atoms with Gasteiger partial charge in [-0.2, -0.15) is 0 Å². The summed E-state index contributed by atoms with van der Waals surface area (Å²) in [6.45, 7) is 0.653. The molecular weight excluding hydrogens is 260 g/mol. The Kier molecular flexibility index (Phi) is 3.87. The summed E-state index contributed by atoms with van der Waals surface area (Å²) in [7, 11) is 0. The Balaban J connectivity index is 1.76. The van der Waals surface area contributed by atoms with Gasteiger partial charge in [0.05, 0.1) is 13.2 Å². The van der Waals surface area contributed by atoms with Crippen LogP contribution in [0.3, 0.4) is 0 Å². The van der Waals surface area contributed by atoms with Gasteiger partial charge in [0.15, 0.2) is 11.5 Å². The van der Waals surface area contributed by atoms with E-state index in [1.165, 1.54) is 0 Å². The zero-order valence-corrected chi connectivity index (χ0v) is 11.0. The smallest absolute Gasteiger partial charge is 0.237 e. The Labute approximate surface area is 116 Å². The number of hydrogen-bond donors (Lipinski definition) is 1. The molecule has 0 aliphatic carbocycles. The van der Waals surface area contributed by atoms with Gasteiger partial charge in [0.1, 0.15) is 6.10 Å². The minimum atomic E-state index is -0.206. The van der Waals surface area contributed by atoms with Gasteiger partial charge >= 0.3 is 0 Å². The largest absolute Gasteiger partial charge is 0.490 e. The number of ether oxygens (including phenoxy) is 2. The normalized spacial score (nSPS) is 22.4. The molecule has 1 unspecified atom stereocenters. The van der Waals surface area contributed by atoms with Crippen LogP contribution in [0.25, 0.3) is 11.5 Å². The van der Waals surface area contributed by atoms with Crippen LogP contribution in [-0.4, -0.2) is 44.8 Å². The predicted octanol–water partition coefficient (Wildman–Crippen LogP) is 0.930. The molecule has 0 aromatic carbocycles. The molecule has 0 bridgehead atoms. The molecule has 7 heteroatoms. The molecule has 3 rings (SSSR count). The van der Waals surface area contributed by atoms with E-state index in [0.717, 1.165) is 25.7 Å². The van der Waals surface area contributed by atoms with Gasteiger partial charge in [-0.25, -0.2) is 0 Å². The fourth-order valence-corrected chi connectivity index (χ4v) is 2.10. The van der Waals surface area contributed by atoms with E-state index in [2.05, 4.69) is 20.4 Å². The lowest BCUT2D eigenvalue weighted by Gasteiger charge is -2.21. The standard InChI is InChI=1S/C13H16N4O3/c18-8-9-4-3-6-11(20-9)13-16-14-12(15-17-13)10-5-1-2-7-19-10/h5-6,9,18H,1-4,7-8H2. The highest BCUT2D eigenvalue weighted by Gasteiger charge is 2.20. The quantitative estimate of drug-likeness (QED) is 0.878. The molecule has 3 heterocycles. The van der Waals surface area contributed by atoms with Crippen molar-refractivity contribution in [1.29, 1.82) is 0 Å². The van der Waals surface area contributed by atoms with Crippen molar-refractivity contribution in [1.82, 2.24) is 20.4 Å². The Hall–Kier alpha value is -2.02. The van der Waals surface area contributed by atoms with Gasteiger partial charge in [-0.1, -0.05) is 0 Å². The zero-order chi connectivity index (χ0) is 13.8. The van der Waals surface area contributed by atoms with Crippen molar-refractivity contribution < 1.29 is 14.6 Å². The molecule has 0 spiro atoms. The average molecular weight is 276 g/mol. The summed E-state index contributed by atoms with van der Waals surface area (Å²) in [6, 6.07) is 0. The summed E-state index contributed by atoms with van der Waals surface area (Å²) in [5, 5.41) is 25.2. The van der Waals surface area contributed by atoms with Crippen LogP contribution in [-0.2, 0) is 9.47 Å². The third-order valence-corrected chi connectivity index (χ3v) is 3.17. The molecule has 1 atom stereocenters. The van der Waals surface area contributed by atoms with Gasteiger partial charge in [0, 0.05) is 0 Å². The highest BCUT2D eigenvalue weighted by atomic mass is 16.5. The topological polar surface area (TPSA) is 90.3 Å². The van der Waals surface area contributed by atoms with Crippen LogP contribution in [0.2, 0.25) is 0 Å². The molecule has 2 aliphatic heterocycles. The van der Waals surface area contributed by atoms with Gasteiger partial charge in [0.25, 0.3) is 0 Å². The first kappa shape index (κ1) is 13.0. The molecule has 0 amide bonds. The number of aliphatic hydroxyl groups is 1. The van der Waals surface area contributed by atoms with Gasteiger partial charge in [-0.05, 0) is 37.8 Å². The van der Waals surface area contributed by atoms with E-state index in [4.69, 9.17) is 14.6 Å². The zero-order valence-electron chi connectivity index (χ0n) is 11.0. The molecule has 1 N–H and O–H groups in total. The summed E-state index contributed by atoms with van der Waals surface area (Å²) in [4.78, 5) is 0. The maximum absolute atomic E-state index is 9.12. The summed E-state index contributed by atoms with van der Waals surface area (Å²) >= 11 is 0. The van der Waals surface area contributed by atoms with E-state index < -0.39 is 0 Å². The van der Waals surface area contributed by atoms with E-state index in [9.17, 15) is 0 Å². The first-order chi connectivity index (χ1) is 9.86. The molecule has 20 heavy (non-hydrogen) atoms. The highest BCUT2D eigenvalue weighted by Crippen LogP contribution is 2.22. The molecule has 1 aromatic heterocycles. The second kappa shape index (κ2) is 5.96. The third kappa shape index (κ3) is 2.77. The lowest BCUT2D eigenvalue weighted by Crippen LogP contribution is -2.21. The van der Waals surface area contributed by atoms with Crippen LogP contribution in [0, 0.1) is 0 Å². The van der Waals surface area contributed by atoms with E-state index in [1.807, 2.05) is 12.2 Å². The van der Waals surface area contributed by atoms with Crippen molar-refractivity contribution in [3.05, 3.63) is 23.8 Å². The summed E-state index contributed by atoms with van der Waals surface area (Å²) < 4.78 is 11.0. The molecule has 0 saturated carbocycles. The van der Waals surface area contributed by atoms with Gasteiger partial charge in [-0.3, -0.25) is 0 Å². The summed E-state index contributed by atoms with van der Waals surface area (Å²) in [6.07, 6.45) is 7.20. The number of allylic oxidation sites excluding steroid dienone is 2. The number of nitrogens with zero attached hydrogens (tertiary/aromatic N) is 4. The van der Waals surface area contributed by atoms with Crippen molar-refractivity contribution in [2.45, 2.75) is 31.8 Å². The van der Waals surface area contributed by atoms with Crippen LogP contribution in [0.4, 0.5) is 0 Å². The molecule has 0 fully saturated rings. The van der Waals surface area contributed by atoms with Gasteiger partial charge in [0.2, 0.25) is 11.6 Å². The van der Waals surface area contributed by atoms with Gasteiger partial charge in [-0.15, -0.1) is 20.4 Å². The monoisotopic (exact) mass is 276 g/mol. The maximum Gasteiger partial charge on any atom is 0.237 e. The molecule has 106 valence electrons. The average Bonchev–Trinajstić information content (AvgIpc) is 2.56. The third-order valence-electron chi connectivity index (χ3n) is 3.17. The number of rotatable bonds is 3. The Morgan fingerprint density at radius 3 is 2.40 bits per heavy atom. The minimum absolute atomic E-state index is 0.0169. The molecular formula is C13H16N4O3. The molecule has 1 aromatic rings. The van der Waals surface area contributed by atoms with Crippen LogP contribution in [0.1, 0.15) is 37.3 Å². The van der Waals surface area contributed by atoms with E-state index in [0.29, 0.717) is 29.8 Å². The number of aliphatic hydroxyl groups excluding tert-OH is 1.